The maximum absolute atomic E-state index is 7.89. The van der Waals surface area contributed by atoms with Gasteiger partial charge in [0.25, 0.3) is 0 Å². The van der Waals surface area contributed by atoms with Crippen LogP contribution in [0.2, 0.25) is 0 Å². The van der Waals surface area contributed by atoms with Crippen LogP contribution in [0.4, 0.5) is 0 Å². The quantitative estimate of drug-likeness (QED) is 0.749. The largest absolute Gasteiger partial charge is 0.496 e. The topological polar surface area (TPSA) is 44.5 Å². The number of rotatable bonds is 6. The molecule has 0 saturated carbocycles. The average Bonchev–Trinajstić information content (AvgIpc) is 2.38. The van der Waals surface area contributed by atoms with E-state index in [1.807, 2.05) is 0 Å². The number of nitrogens with two attached hydrogens (primary N) is 1. The van der Waals surface area contributed by atoms with Crippen molar-refractivity contribution in [2.75, 3.05) is 20.8 Å². The Morgan fingerprint density at radius 1 is 1.31 bits per heavy atom. The Kier molecular flexibility index (Phi) is 3.76. The number of allylic oxidation sites excluding steroid dienone is 1. The SMILES string of the molecule is [2H]C([2H])(CN)c1cc(OC)c(CC=C)cc1OC. The van der Waals surface area contributed by atoms with Crippen LogP contribution in [-0.2, 0) is 12.8 Å². The predicted octanol–water partition coefficient (Wildman–Crippen LogP) is 1.93. The number of ether oxygens (including phenoxy) is 2. The van der Waals surface area contributed by atoms with Crippen molar-refractivity contribution in [1.82, 2.24) is 0 Å². The van der Waals surface area contributed by atoms with Crippen LogP contribution in [0.5, 0.6) is 11.5 Å². The first-order valence-corrected chi connectivity index (χ1v) is 5.06. The Morgan fingerprint density at radius 2 is 1.88 bits per heavy atom. The molecule has 3 nitrogen and oxygen atoms in total. The monoisotopic (exact) mass is 223 g/mol. The van der Waals surface area contributed by atoms with Crippen molar-refractivity contribution in [2.45, 2.75) is 12.8 Å². The molecule has 0 bridgehead atoms. The molecule has 16 heavy (non-hydrogen) atoms. The number of hydrogen-bond donors (Lipinski definition) is 1. The standard InChI is InChI=1S/C13H19NO2/c1-4-5-10-8-13(16-3)11(6-7-14)9-12(10)15-2/h4,8-9H,1,5-7,14H2,2-3H3/i6D2. The minimum Gasteiger partial charge on any atom is -0.496 e. The van der Waals surface area contributed by atoms with Gasteiger partial charge in [0.05, 0.1) is 14.2 Å². The molecule has 0 saturated heterocycles. The van der Waals surface area contributed by atoms with Crippen molar-refractivity contribution in [1.29, 1.82) is 0 Å². The molecule has 0 fully saturated rings. The highest BCUT2D eigenvalue weighted by Gasteiger charge is 2.09. The summed E-state index contributed by atoms with van der Waals surface area (Å²) in [6, 6.07) is 3.41. The Hall–Kier alpha value is -1.48. The molecule has 0 aliphatic rings. The highest BCUT2D eigenvalue weighted by Crippen LogP contribution is 2.29. The van der Waals surface area contributed by atoms with Gasteiger partial charge >= 0.3 is 0 Å². The van der Waals surface area contributed by atoms with Crippen molar-refractivity contribution in [3.63, 3.8) is 0 Å². The predicted molar refractivity (Wildman–Crippen MR) is 66.2 cm³/mol. The molecule has 0 unspecified atom stereocenters. The zero-order valence-electron chi connectivity index (χ0n) is 11.7. The van der Waals surface area contributed by atoms with E-state index in [-0.39, 0.29) is 6.54 Å². The van der Waals surface area contributed by atoms with Crippen LogP contribution in [0.3, 0.4) is 0 Å². The normalized spacial score (nSPS) is 12.7. The van der Waals surface area contributed by atoms with Crippen LogP contribution in [0.1, 0.15) is 13.9 Å². The maximum Gasteiger partial charge on any atom is 0.122 e. The van der Waals surface area contributed by atoms with Gasteiger partial charge in [-0.3, -0.25) is 0 Å². The number of benzene rings is 1. The average molecular weight is 223 g/mol. The Morgan fingerprint density at radius 3 is 2.38 bits per heavy atom. The fraction of sp³-hybridized carbons (Fsp3) is 0.385. The molecule has 1 aromatic rings. The number of hydrogen-bond acceptors (Lipinski definition) is 3. The molecule has 0 aliphatic heterocycles. The lowest BCUT2D eigenvalue weighted by Crippen LogP contribution is -2.05. The van der Waals surface area contributed by atoms with E-state index < -0.39 is 6.37 Å². The van der Waals surface area contributed by atoms with Crippen LogP contribution in [0.15, 0.2) is 24.8 Å². The summed E-state index contributed by atoms with van der Waals surface area (Å²) in [5, 5.41) is 0. The zero-order valence-corrected chi connectivity index (χ0v) is 9.75. The molecule has 0 radical (unpaired) electrons. The van der Waals surface area contributed by atoms with Gasteiger partial charge in [-0.2, -0.15) is 0 Å². The van der Waals surface area contributed by atoms with E-state index in [2.05, 4.69) is 6.58 Å². The molecule has 2 N–H and O–H groups in total. The first kappa shape index (κ1) is 9.73. The van der Waals surface area contributed by atoms with E-state index in [0.717, 1.165) is 5.56 Å². The molecule has 1 rings (SSSR count). The van der Waals surface area contributed by atoms with Gasteiger partial charge < -0.3 is 15.2 Å². The van der Waals surface area contributed by atoms with Gasteiger partial charge in [-0.1, -0.05) is 6.08 Å². The lowest BCUT2D eigenvalue weighted by Gasteiger charge is -2.13. The van der Waals surface area contributed by atoms with Crippen molar-refractivity contribution < 1.29 is 12.2 Å². The fourth-order valence-corrected chi connectivity index (χ4v) is 1.52. The van der Waals surface area contributed by atoms with Crippen molar-refractivity contribution >= 4 is 0 Å². The summed E-state index contributed by atoms with van der Waals surface area (Å²) < 4.78 is 26.3. The minimum atomic E-state index is -1.65. The smallest absolute Gasteiger partial charge is 0.122 e. The zero-order chi connectivity index (χ0) is 13.8. The Labute approximate surface area is 99.7 Å². The number of methoxy groups -OCH3 is 2. The van der Waals surface area contributed by atoms with Crippen LogP contribution < -0.4 is 15.2 Å². The molecule has 0 amide bonds. The van der Waals surface area contributed by atoms with Gasteiger partial charge in [-0.25, -0.2) is 0 Å². The van der Waals surface area contributed by atoms with Gasteiger partial charge in [0.2, 0.25) is 0 Å². The van der Waals surface area contributed by atoms with Gasteiger partial charge in [-0.15, -0.1) is 6.58 Å². The molecule has 3 heteroatoms. The summed E-state index contributed by atoms with van der Waals surface area (Å²) in [5.41, 5.74) is 6.77. The van der Waals surface area contributed by atoms with E-state index in [1.165, 1.54) is 7.11 Å². The first-order chi connectivity index (χ1) is 8.50. The molecule has 0 heterocycles. The second-order valence-electron chi connectivity index (χ2n) is 3.24. The minimum absolute atomic E-state index is 0.118. The van der Waals surface area contributed by atoms with Crippen LogP contribution in [0, 0.1) is 0 Å². The maximum atomic E-state index is 7.89. The summed E-state index contributed by atoms with van der Waals surface area (Å²) >= 11 is 0. The first-order valence-electron chi connectivity index (χ1n) is 6.06. The summed E-state index contributed by atoms with van der Waals surface area (Å²) in [6.45, 7) is 3.57. The fourth-order valence-electron chi connectivity index (χ4n) is 1.52. The van der Waals surface area contributed by atoms with E-state index in [0.29, 0.717) is 23.5 Å². The summed E-state index contributed by atoms with van der Waals surface area (Å²) in [4.78, 5) is 0. The molecule has 0 aliphatic carbocycles. The second-order valence-corrected chi connectivity index (χ2v) is 3.24. The van der Waals surface area contributed by atoms with Crippen LogP contribution in [0.25, 0.3) is 0 Å². The van der Waals surface area contributed by atoms with Gasteiger partial charge in [0.1, 0.15) is 11.5 Å². The van der Waals surface area contributed by atoms with E-state index in [9.17, 15) is 0 Å². The second kappa shape index (κ2) is 6.18. The van der Waals surface area contributed by atoms with Crippen molar-refractivity contribution in [3.05, 3.63) is 35.9 Å². The highest BCUT2D eigenvalue weighted by atomic mass is 16.5. The van der Waals surface area contributed by atoms with E-state index in [1.54, 1.807) is 25.3 Å². The van der Waals surface area contributed by atoms with Crippen molar-refractivity contribution in [3.8, 4) is 11.5 Å². The Bertz CT molecular complexity index is 433. The van der Waals surface area contributed by atoms with Gasteiger partial charge in [0.15, 0.2) is 0 Å². The summed E-state index contributed by atoms with van der Waals surface area (Å²) in [5.74, 6) is 1.09. The van der Waals surface area contributed by atoms with Crippen LogP contribution >= 0.6 is 0 Å². The van der Waals surface area contributed by atoms with Crippen molar-refractivity contribution in [2.24, 2.45) is 5.73 Å². The third-order valence-corrected chi connectivity index (χ3v) is 2.26. The van der Waals surface area contributed by atoms with E-state index in [4.69, 9.17) is 17.9 Å². The Balaban J connectivity index is 3.39. The molecule has 0 spiro atoms. The lowest BCUT2D eigenvalue weighted by atomic mass is 10.0. The molecular weight excluding hydrogens is 202 g/mol. The molecule has 88 valence electrons. The molecule has 0 aromatic heterocycles. The summed E-state index contributed by atoms with van der Waals surface area (Å²) in [7, 11) is 3.06. The van der Waals surface area contributed by atoms with Crippen LogP contribution in [-0.4, -0.2) is 20.8 Å². The molecular formula is C13H19NO2. The molecule has 0 atom stereocenters. The third-order valence-electron chi connectivity index (χ3n) is 2.26. The third kappa shape index (κ3) is 2.76. The highest BCUT2D eigenvalue weighted by molar-refractivity contribution is 5.47. The lowest BCUT2D eigenvalue weighted by molar-refractivity contribution is 0.395. The molecule has 1 aromatic carbocycles. The van der Waals surface area contributed by atoms with E-state index >= 15 is 0 Å². The summed E-state index contributed by atoms with van der Waals surface area (Å²) in [6.07, 6.45) is 0.741. The van der Waals surface area contributed by atoms with Gasteiger partial charge in [0, 0.05) is 8.30 Å². The van der Waals surface area contributed by atoms with Gasteiger partial charge in [-0.05, 0) is 37.0 Å².